The van der Waals surface area contributed by atoms with Gasteiger partial charge >= 0.3 is 6.01 Å². The predicted molar refractivity (Wildman–Crippen MR) is 193 cm³/mol. The summed E-state index contributed by atoms with van der Waals surface area (Å²) < 4.78 is 41.8. The van der Waals surface area contributed by atoms with Gasteiger partial charge in [-0.2, -0.15) is 15.2 Å². The third-order valence-corrected chi connectivity index (χ3v) is 11.2. The van der Waals surface area contributed by atoms with E-state index in [9.17, 15) is 18.8 Å². The Balaban J connectivity index is 1.29. The first-order chi connectivity index (χ1) is 24.7. The zero-order chi connectivity index (χ0) is 35.4. The van der Waals surface area contributed by atoms with Gasteiger partial charge in [0.1, 0.15) is 24.1 Å². The molecular weight excluding hydrogens is 697 g/mol. The Morgan fingerprint density at radius 3 is 2.67 bits per heavy atom. The maximum absolute atomic E-state index is 14.7. The van der Waals surface area contributed by atoms with Gasteiger partial charge in [-0.15, -0.1) is 0 Å². The van der Waals surface area contributed by atoms with Crippen LogP contribution in [0.2, 0.25) is 10.0 Å². The maximum atomic E-state index is 14.7. The van der Waals surface area contributed by atoms with Gasteiger partial charge in [0.25, 0.3) is 5.91 Å². The number of nitrogens with zero attached hydrogens (tertiary/aromatic N) is 6. The zero-order valence-electron chi connectivity index (χ0n) is 27.9. The number of carbonyl (C=O) groups is 1. The van der Waals surface area contributed by atoms with Crippen molar-refractivity contribution in [2.45, 2.75) is 62.4 Å². The highest BCUT2D eigenvalue weighted by atomic mass is 35.5. The summed E-state index contributed by atoms with van der Waals surface area (Å²) in [7, 11) is 0. The van der Waals surface area contributed by atoms with Gasteiger partial charge in [0, 0.05) is 54.0 Å². The Morgan fingerprint density at radius 2 is 1.90 bits per heavy atom. The smallest absolute Gasteiger partial charge is 0.319 e. The number of alkyl halides is 1. The molecule has 264 valence electrons. The molecular formula is C38H36Cl2F2N6O3. The van der Waals surface area contributed by atoms with Crippen molar-refractivity contribution in [3.63, 3.8) is 0 Å². The van der Waals surface area contributed by atoms with Crippen LogP contribution < -0.4 is 14.4 Å². The number of hydrogen-bond donors (Lipinski definition) is 0. The molecule has 0 N–H and O–H groups in total. The highest BCUT2D eigenvalue weighted by Gasteiger charge is 2.49. The molecule has 8 rings (SSSR count). The molecule has 4 fully saturated rings. The number of hydrogen-bond acceptors (Lipinski definition) is 8. The Hall–Kier alpha value is -4.24. The van der Waals surface area contributed by atoms with Gasteiger partial charge in [0.2, 0.25) is 0 Å². The second-order valence-corrected chi connectivity index (χ2v) is 14.8. The van der Waals surface area contributed by atoms with E-state index in [-0.39, 0.29) is 44.8 Å². The zero-order valence-corrected chi connectivity index (χ0v) is 29.4. The van der Waals surface area contributed by atoms with Crippen molar-refractivity contribution in [3.05, 3.63) is 64.9 Å². The molecule has 9 nitrogen and oxygen atoms in total. The molecule has 1 aromatic heterocycles. The molecule has 1 saturated carbocycles. The molecule has 3 saturated heterocycles. The van der Waals surface area contributed by atoms with E-state index in [0.717, 1.165) is 48.6 Å². The number of halogens is 4. The van der Waals surface area contributed by atoms with Gasteiger partial charge in [-0.25, -0.2) is 8.78 Å². The van der Waals surface area contributed by atoms with Gasteiger partial charge in [-0.05, 0) is 55.3 Å². The van der Waals surface area contributed by atoms with Crippen molar-refractivity contribution in [2.75, 3.05) is 44.2 Å². The average Bonchev–Trinajstić information content (AvgIpc) is 3.77. The summed E-state index contributed by atoms with van der Waals surface area (Å²) in [5.41, 5.74) is 1.47. The van der Waals surface area contributed by atoms with Crippen LogP contribution in [0.15, 0.2) is 54.9 Å². The fraction of sp³-hybridized carbons (Fsp3) is 0.421. The number of fused-ring (bicyclic) bond motifs is 3. The third-order valence-electron chi connectivity index (χ3n) is 10.6. The van der Waals surface area contributed by atoms with Crippen molar-refractivity contribution < 1.29 is 23.0 Å². The van der Waals surface area contributed by atoms with Crippen LogP contribution in [0.5, 0.6) is 11.8 Å². The summed E-state index contributed by atoms with van der Waals surface area (Å²) in [6.45, 7) is 5.21. The number of carbonyl (C=O) groups excluding carboxylic acids is 1. The number of ether oxygens (including phenoxy) is 2. The van der Waals surface area contributed by atoms with E-state index >= 15 is 0 Å². The number of benzene rings is 3. The summed E-state index contributed by atoms with van der Waals surface area (Å²) in [5.74, 6) is -0.963. The monoisotopic (exact) mass is 732 g/mol. The van der Waals surface area contributed by atoms with Crippen LogP contribution in [-0.2, 0) is 4.79 Å². The Bertz CT molecular complexity index is 2100. The number of piperazine rings is 1. The normalized spacial score (nSPS) is 23.4. The van der Waals surface area contributed by atoms with Crippen LogP contribution in [-0.4, -0.2) is 88.9 Å². The number of amides is 1. The van der Waals surface area contributed by atoms with Crippen LogP contribution >= 0.6 is 23.2 Å². The highest BCUT2D eigenvalue weighted by Crippen LogP contribution is 2.49. The van der Waals surface area contributed by atoms with E-state index in [0.29, 0.717) is 51.0 Å². The predicted octanol–water partition coefficient (Wildman–Crippen LogP) is 7.67. The molecule has 0 unspecified atom stereocenters. The summed E-state index contributed by atoms with van der Waals surface area (Å²) in [6, 6.07) is 15.0. The SMILES string of the molecule is C=C(F)C(=O)N1CCN(c2nc(OC[C@@]34CCCN3C[C@H](F)C4)nc3c(OC4CC4)c(-c4cccc5cccc(Cl)c45)c(Cl)cc23)C[C@@H]1CC#N. The van der Waals surface area contributed by atoms with E-state index in [4.69, 9.17) is 42.6 Å². The standard InChI is InChI=1S/C38H36Cl2F2N6O3/c1-22(41)36(49)48-16-15-46(20-25(48)11-13-43)35-28-17-30(40)32(27-7-2-5-23-6-3-8-29(39)31(23)27)34(51-26-9-10-26)33(28)44-37(45-35)50-21-38-12-4-14-47(38)19-24(42)18-38/h2-3,5-8,17,24-26H,1,4,9-12,14-16,18-21H2/t24-,25+,38+/m1/s1. The number of nitriles is 1. The minimum Gasteiger partial charge on any atom is -0.487 e. The minimum atomic E-state index is -1.08. The number of rotatable bonds is 9. The summed E-state index contributed by atoms with van der Waals surface area (Å²) in [5, 5.41) is 13.0. The second-order valence-electron chi connectivity index (χ2n) is 14.0. The van der Waals surface area contributed by atoms with E-state index in [2.05, 4.69) is 17.5 Å². The van der Waals surface area contributed by atoms with Gasteiger partial charge in [-0.3, -0.25) is 9.69 Å². The van der Waals surface area contributed by atoms with Crippen molar-refractivity contribution in [1.29, 1.82) is 5.26 Å². The topological polar surface area (TPSA) is 94.8 Å². The summed E-state index contributed by atoms with van der Waals surface area (Å²) in [4.78, 5) is 28.1. The lowest BCUT2D eigenvalue weighted by molar-refractivity contribution is -0.131. The van der Waals surface area contributed by atoms with Gasteiger partial charge < -0.3 is 19.3 Å². The number of anilines is 1. The molecule has 1 amide bonds. The van der Waals surface area contributed by atoms with Gasteiger partial charge in [0.05, 0.1) is 35.2 Å². The molecule has 13 heteroatoms. The van der Waals surface area contributed by atoms with E-state index in [1.165, 1.54) is 4.90 Å². The fourth-order valence-electron chi connectivity index (χ4n) is 8.10. The fourth-order valence-corrected chi connectivity index (χ4v) is 8.68. The summed E-state index contributed by atoms with van der Waals surface area (Å²) >= 11 is 14.0. The molecule has 3 aliphatic heterocycles. The molecule has 0 spiro atoms. The lowest BCUT2D eigenvalue weighted by Gasteiger charge is -2.41. The first kappa shape index (κ1) is 33.9. The van der Waals surface area contributed by atoms with Gasteiger partial charge in [-0.1, -0.05) is 60.1 Å². The van der Waals surface area contributed by atoms with E-state index in [1.807, 2.05) is 47.4 Å². The molecule has 4 aliphatic rings. The van der Waals surface area contributed by atoms with Crippen LogP contribution in [0, 0.1) is 11.3 Å². The Kier molecular flexibility index (Phi) is 8.89. The van der Waals surface area contributed by atoms with Crippen LogP contribution in [0.25, 0.3) is 32.8 Å². The average molecular weight is 734 g/mol. The minimum absolute atomic E-state index is 0.0204. The van der Waals surface area contributed by atoms with Crippen LogP contribution in [0.1, 0.15) is 38.5 Å². The van der Waals surface area contributed by atoms with Gasteiger partial charge in [0.15, 0.2) is 11.6 Å². The Morgan fingerprint density at radius 1 is 1.10 bits per heavy atom. The van der Waals surface area contributed by atoms with Crippen LogP contribution in [0.4, 0.5) is 14.6 Å². The maximum Gasteiger partial charge on any atom is 0.319 e. The second kappa shape index (κ2) is 13.4. The third kappa shape index (κ3) is 6.21. The van der Waals surface area contributed by atoms with Crippen LogP contribution in [0.3, 0.4) is 0 Å². The van der Waals surface area contributed by atoms with Crippen molar-refractivity contribution in [2.24, 2.45) is 0 Å². The molecule has 4 aromatic rings. The number of aromatic nitrogens is 2. The quantitative estimate of drug-likeness (QED) is 0.162. The molecule has 0 radical (unpaired) electrons. The first-order valence-corrected chi connectivity index (χ1v) is 18.1. The van der Waals surface area contributed by atoms with Crippen molar-refractivity contribution in [1.82, 2.24) is 19.8 Å². The largest absolute Gasteiger partial charge is 0.487 e. The lowest BCUT2D eigenvalue weighted by atomic mass is 9.95. The molecule has 3 aromatic carbocycles. The van der Waals surface area contributed by atoms with Crippen molar-refractivity contribution >= 4 is 56.6 Å². The van der Waals surface area contributed by atoms with Crippen molar-refractivity contribution in [3.8, 4) is 29.0 Å². The molecule has 4 heterocycles. The molecule has 1 aliphatic carbocycles. The Labute approximate surface area is 304 Å². The highest BCUT2D eigenvalue weighted by molar-refractivity contribution is 6.38. The molecule has 51 heavy (non-hydrogen) atoms. The van der Waals surface area contributed by atoms with E-state index < -0.39 is 29.5 Å². The first-order valence-electron chi connectivity index (χ1n) is 17.3. The summed E-state index contributed by atoms with van der Waals surface area (Å²) in [6.07, 6.45) is 2.94. The molecule has 3 atom stereocenters. The molecule has 0 bridgehead atoms. The van der Waals surface area contributed by atoms with E-state index in [1.54, 1.807) is 0 Å². The lowest BCUT2D eigenvalue weighted by Crippen LogP contribution is -2.55.